The Kier molecular flexibility index (Phi) is 4.53. The molecule has 0 saturated carbocycles. The smallest absolute Gasteiger partial charge is 0.106 e. The lowest BCUT2D eigenvalue weighted by Gasteiger charge is -2.21. The number of imidazole rings is 1. The summed E-state index contributed by atoms with van der Waals surface area (Å²) in [5, 5.41) is 3.50. The molecular formula is C15H21N3. The second-order valence-corrected chi connectivity index (χ2v) is 4.51. The van der Waals surface area contributed by atoms with Crippen molar-refractivity contribution >= 4 is 0 Å². The lowest BCUT2D eigenvalue weighted by molar-refractivity contribution is 0.511. The van der Waals surface area contributed by atoms with Crippen LogP contribution in [0.4, 0.5) is 0 Å². The lowest BCUT2D eigenvalue weighted by atomic mass is 10.1. The number of nitrogens with one attached hydrogen (secondary N) is 1. The third kappa shape index (κ3) is 2.99. The SMILES string of the molecule is CCCNCC(c1ccccc1)n1ccnc1C. The molecule has 1 aromatic carbocycles. The maximum Gasteiger partial charge on any atom is 0.106 e. The Morgan fingerprint density at radius 3 is 2.67 bits per heavy atom. The molecule has 0 spiro atoms. The zero-order valence-electron chi connectivity index (χ0n) is 11.1. The summed E-state index contributed by atoms with van der Waals surface area (Å²) >= 11 is 0. The summed E-state index contributed by atoms with van der Waals surface area (Å²) in [6, 6.07) is 10.9. The first kappa shape index (κ1) is 12.8. The van der Waals surface area contributed by atoms with Crippen LogP contribution in [0.5, 0.6) is 0 Å². The van der Waals surface area contributed by atoms with Crippen molar-refractivity contribution in [2.24, 2.45) is 0 Å². The fourth-order valence-corrected chi connectivity index (χ4v) is 2.18. The van der Waals surface area contributed by atoms with Crippen LogP contribution >= 0.6 is 0 Å². The highest BCUT2D eigenvalue weighted by molar-refractivity contribution is 5.21. The van der Waals surface area contributed by atoms with E-state index in [9.17, 15) is 0 Å². The molecule has 1 atom stereocenters. The van der Waals surface area contributed by atoms with Crippen LogP contribution in [-0.2, 0) is 0 Å². The normalized spacial score (nSPS) is 12.6. The van der Waals surface area contributed by atoms with E-state index in [-0.39, 0.29) is 0 Å². The predicted molar refractivity (Wildman–Crippen MR) is 74.7 cm³/mol. The van der Waals surface area contributed by atoms with E-state index in [1.807, 2.05) is 6.20 Å². The zero-order chi connectivity index (χ0) is 12.8. The highest BCUT2D eigenvalue weighted by Crippen LogP contribution is 2.18. The van der Waals surface area contributed by atoms with Gasteiger partial charge in [0.1, 0.15) is 5.82 Å². The first-order valence-corrected chi connectivity index (χ1v) is 6.58. The zero-order valence-corrected chi connectivity index (χ0v) is 11.1. The molecule has 1 heterocycles. The van der Waals surface area contributed by atoms with Gasteiger partial charge in [-0.25, -0.2) is 4.98 Å². The van der Waals surface area contributed by atoms with Crippen molar-refractivity contribution < 1.29 is 0 Å². The van der Waals surface area contributed by atoms with Gasteiger partial charge in [0.25, 0.3) is 0 Å². The molecule has 0 saturated heterocycles. The maximum atomic E-state index is 4.33. The minimum atomic E-state index is 0.320. The minimum absolute atomic E-state index is 0.320. The molecule has 3 nitrogen and oxygen atoms in total. The third-order valence-corrected chi connectivity index (χ3v) is 3.15. The molecule has 1 N–H and O–H groups in total. The van der Waals surface area contributed by atoms with Crippen molar-refractivity contribution in [1.29, 1.82) is 0 Å². The Labute approximate surface area is 109 Å². The highest BCUT2D eigenvalue weighted by atomic mass is 15.1. The second kappa shape index (κ2) is 6.36. The molecule has 1 unspecified atom stereocenters. The van der Waals surface area contributed by atoms with E-state index >= 15 is 0 Å². The Hall–Kier alpha value is -1.61. The Bertz CT molecular complexity index is 462. The van der Waals surface area contributed by atoms with Crippen LogP contribution in [0.25, 0.3) is 0 Å². The largest absolute Gasteiger partial charge is 0.326 e. The summed E-state index contributed by atoms with van der Waals surface area (Å²) in [7, 11) is 0. The third-order valence-electron chi connectivity index (χ3n) is 3.15. The van der Waals surface area contributed by atoms with Crippen molar-refractivity contribution in [3.63, 3.8) is 0 Å². The van der Waals surface area contributed by atoms with E-state index in [1.54, 1.807) is 0 Å². The van der Waals surface area contributed by atoms with Gasteiger partial charge in [0.05, 0.1) is 6.04 Å². The molecule has 0 amide bonds. The highest BCUT2D eigenvalue weighted by Gasteiger charge is 2.14. The molecule has 3 heteroatoms. The van der Waals surface area contributed by atoms with Crippen LogP contribution in [0.1, 0.15) is 30.8 Å². The van der Waals surface area contributed by atoms with E-state index in [0.717, 1.165) is 25.3 Å². The lowest BCUT2D eigenvalue weighted by Crippen LogP contribution is -2.27. The quantitative estimate of drug-likeness (QED) is 0.791. The van der Waals surface area contributed by atoms with Crippen LogP contribution in [0.2, 0.25) is 0 Å². The van der Waals surface area contributed by atoms with Crippen LogP contribution in [0, 0.1) is 6.92 Å². The Morgan fingerprint density at radius 1 is 1.28 bits per heavy atom. The molecule has 0 aliphatic rings. The fourth-order valence-electron chi connectivity index (χ4n) is 2.18. The summed E-state index contributed by atoms with van der Waals surface area (Å²) < 4.78 is 2.23. The molecule has 0 aliphatic carbocycles. The van der Waals surface area contributed by atoms with Gasteiger partial charge in [0, 0.05) is 18.9 Å². The summed E-state index contributed by atoms with van der Waals surface area (Å²) in [5.74, 6) is 1.06. The van der Waals surface area contributed by atoms with Gasteiger partial charge in [-0.2, -0.15) is 0 Å². The van der Waals surface area contributed by atoms with Crippen molar-refractivity contribution in [3.05, 3.63) is 54.1 Å². The van der Waals surface area contributed by atoms with Crippen molar-refractivity contribution in [1.82, 2.24) is 14.9 Å². The predicted octanol–water partition coefficient (Wildman–Crippen LogP) is 2.78. The summed E-state index contributed by atoms with van der Waals surface area (Å²) in [6.45, 7) is 6.23. The molecule has 0 bridgehead atoms. The van der Waals surface area contributed by atoms with Gasteiger partial charge >= 0.3 is 0 Å². The summed E-state index contributed by atoms with van der Waals surface area (Å²) in [6.07, 6.45) is 5.08. The van der Waals surface area contributed by atoms with E-state index in [4.69, 9.17) is 0 Å². The monoisotopic (exact) mass is 243 g/mol. The molecule has 1 aromatic heterocycles. The van der Waals surface area contributed by atoms with E-state index in [1.165, 1.54) is 5.56 Å². The molecule has 0 radical (unpaired) electrons. The van der Waals surface area contributed by atoms with E-state index in [2.05, 4.69) is 65.2 Å². The number of rotatable bonds is 6. The average Bonchev–Trinajstić information content (AvgIpc) is 2.82. The standard InChI is InChI=1S/C15H21N3/c1-3-9-16-12-15(14-7-5-4-6-8-14)18-11-10-17-13(18)2/h4-8,10-11,15-16H,3,9,12H2,1-2H3. The first-order chi connectivity index (χ1) is 8.83. The average molecular weight is 243 g/mol. The number of benzene rings is 1. The molecular weight excluding hydrogens is 222 g/mol. The Morgan fingerprint density at radius 2 is 2.06 bits per heavy atom. The van der Waals surface area contributed by atoms with E-state index < -0.39 is 0 Å². The van der Waals surface area contributed by atoms with Gasteiger partial charge in [0.2, 0.25) is 0 Å². The molecule has 2 aromatic rings. The van der Waals surface area contributed by atoms with Gasteiger partial charge < -0.3 is 9.88 Å². The Balaban J connectivity index is 2.21. The number of aromatic nitrogens is 2. The van der Waals surface area contributed by atoms with Crippen LogP contribution < -0.4 is 5.32 Å². The van der Waals surface area contributed by atoms with Crippen molar-refractivity contribution in [2.45, 2.75) is 26.3 Å². The second-order valence-electron chi connectivity index (χ2n) is 4.51. The van der Waals surface area contributed by atoms with E-state index in [0.29, 0.717) is 6.04 Å². The topological polar surface area (TPSA) is 29.9 Å². The molecule has 0 fully saturated rings. The molecule has 2 rings (SSSR count). The number of aryl methyl sites for hydroxylation is 1. The molecule has 18 heavy (non-hydrogen) atoms. The van der Waals surface area contributed by atoms with Gasteiger partial charge in [-0.05, 0) is 25.5 Å². The fraction of sp³-hybridized carbons (Fsp3) is 0.400. The molecule has 0 aliphatic heterocycles. The molecule has 96 valence electrons. The van der Waals surface area contributed by atoms with Crippen molar-refractivity contribution in [3.8, 4) is 0 Å². The minimum Gasteiger partial charge on any atom is -0.326 e. The van der Waals surface area contributed by atoms with Gasteiger partial charge in [-0.1, -0.05) is 37.3 Å². The van der Waals surface area contributed by atoms with Gasteiger partial charge in [-0.15, -0.1) is 0 Å². The van der Waals surface area contributed by atoms with Gasteiger partial charge in [-0.3, -0.25) is 0 Å². The van der Waals surface area contributed by atoms with Crippen LogP contribution in [-0.4, -0.2) is 22.6 Å². The van der Waals surface area contributed by atoms with Crippen LogP contribution in [0.3, 0.4) is 0 Å². The van der Waals surface area contributed by atoms with Crippen molar-refractivity contribution in [2.75, 3.05) is 13.1 Å². The first-order valence-electron chi connectivity index (χ1n) is 6.58. The summed E-state index contributed by atoms with van der Waals surface area (Å²) in [5.41, 5.74) is 1.32. The van der Waals surface area contributed by atoms with Crippen LogP contribution in [0.15, 0.2) is 42.7 Å². The van der Waals surface area contributed by atoms with Gasteiger partial charge in [0.15, 0.2) is 0 Å². The number of hydrogen-bond donors (Lipinski definition) is 1. The summed E-state index contributed by atoms with van der Waals surface area (Å²) in [4.78, 5) is 4.33. The maximum absolute atomic E-state index is 4.33. The number of hydrogen-bond acceptors (Lipinski definition) is 2. The number of nitrogens with zero attached hydrogens (tertiary/aromatic N) is 2.